The van der Waals surface area contributed by atoms with E-state index >= 15 is 0 Å². The highest BCUT2D eigenvalue weighted by atomic mass is 32.1. The Morgan fingerprint density at radius 1 is 1.12 bits per heavy atom. The minimum atomic E-state index is -0.633. The van der Waals surface area contributed by atoms with E-state index < -0.39 is 16.8 Å². The van der Waals surface area contributed by atoms with Crippen molar-refractivity contribution in [3.05, 3.63) is 108 Å². The van der Waals surface area contributed by atoms with Gasteiger partial charge in [-0.1, -0.05) is 30.3 Å². The van der Waals surface area contributed by atoms with Gasteiger partial charge < -0.3 is 10.1 Å². The quantitative estimate of drug-likeness (QED) is 0.139. The number of hydrogen-bond donors (Lipinski definition) is 1. The summed E-state index contributed by atoms with van der Waals surface area (Å²) in [5.41, 5.74) is 2.31. The summed E-state index contributed by atoms with van der Waals surface area (Å²) in [6.07, 6.45) is 1.48. The van der Waals surface area contributed by atoms with Crippen LogP contribution in [0.15, 0.2) is 71.1 Å². The Morgan fingerprint density at radius 3 is 2.52 bits per heavy atom. The van der Waals surface area contributed by atoms with Crippen LogP contribution in [-0.4, -0.2) is 33.0 Å². The summed E-state index contributed by atoms with van der Waals surface area (Å²) in [5.74, 6) is -1.12. The lowest BCUT2D eigenvalue weighted by Gasteiger charge is -2.09. The van der Waals surface area contributed by atoms with Crippen LogP contribution in [0.4, 0.5) is 10.7 Å². The zero-order valence-corrected chi connectivity index (χ0v) is 23.0. The fraction of sp³-hybridized carbons (Fsp3) is 0.143. The van der Waals surface area contributed by atoms with Crippen LogP contribution in [0.25, 0.3) is 21.3 Å². The molecule has 0 radical (unpaired) electrons. The molecule has 0 aliphatic carbocycles. The number of nitro groups is 1. The lowest BCUT2D eigenvalue weighted by atomic mass is 10.0. The Labute approximate surface area is 235 Å². The van der Waals surface area contributed by atoms with E-state index in [0.717, 1.165) is 28.2 Å². The zero-order valence-electron chi connectivity index (χ0n) is 21.4. The average Bonchev–Trinajstić information content (AvgIpc) is 3.52. The first-order chi connectivity index (χ1) is 19.3. The number of carbonyl (C=O) groups is 2. The van der Waals surface area contributed by atoms with E-state index in [2.05, 4.69) is 10.3 Å². The summed E-state index contributed by atoms with van der Waals surface area (Å²) < 4.78 is 6.75. The number of amides is 1. The van der Waals surface area contributed by atoms with Gasteiger partial charge in [-0.25, -0.2) is 9.78 Å². The number of hydrogen-bond acceptors (Lipinski definition) is 9. The van der Waals surface area contributed by atoms with Gasteiger partial charge in [-0.15, -0.1) is 22.7 Å². The first-order valence-electron chi connectivity index (χ1n) is 12.2. The van der Waals surface area contributed by atoms with E-state index in [4.69, 9.17) is 4.74 Å². The van der Waals surface area contributed by atoms with E-state index in [9.17, 15) is 24.5 Å². The number of carbonyl (C=O) groups excluding carboxylic acids is 2. The summed E-state index contributed by atoms with van der Waals surface area (Å²) in [5, 5.41) is 16.2. The maximum atomic E-state index is 13.4. The van der Waals surface area contributed by atoms with Gasteiger partial charge in [0.2, 0.25) is 0 Å². The minimum Gasteiger partial charge on any atom is -0.462 e. The third kappa shape index (κ3) is 5.14. The van der Waals surface area contributed by atoms with Crippen molar-refractivity contribution < 1.29 is 19.2 Å². The molecule has 0 bridgehead atoms. The molecule has 5 aromatic rings. The molecule has 2 aromatic carbocycles. The Balaban J connectivity index is 1.48. The minimum absolute atomic E-state index is 0.0816. The van der Waals surface area contributed by atoms with Gasteiger partial charge in [0.15, 0.2) is 0 Å². The van der Waals surface area contributed by atoms with Crippen molar-refractivity contribution in [2.45, 2.75) is 20.4 Å². The SMILES string of the molecule is CCOC(=O)c1c(-c2ccc([N+](=O)[O-])cc2)csc1NC(=O)c1sc2ncn(Cc3ccccc3)c(=O)c2c1C. The largest absolute Gasteiger partial charge is 0.462 e. The van der Waals surface area contributed by atoms with Gasteiger partial charge in [0.05, 0.1) is 34.7 Å². The molecule has 12 heteroatoms. The van der Waals surface area contributed by atoms with Crippen LogP contribution in [-0.2, 0) is 11.3 Å². The lowest BCUT2D eigenvalue weighted by Crippen LogP contribution is -2.21. The van der Waals surface area contributed by atoms with Gasteiger partial charge in [0.1, 0.15) is 15.4 Å². The van der Waals surface area contributed by atoms with Crippen molar-refractivity contribution in [2.24, 2.45) is 0 Å². The molecule has 40 heavy (non-hydrogen) atoms. The molecule has 1 N–H and O–H groups in total. The normalized spacial score (nSPS) is 10.9. The number of thiophene rings is 2. The predicted molar refractivity (Wildman–Crippen MR) is 154 cm³/mol. The van der Waals surface area contributed by atoms with E-state index in [1.807, 2.05) is 30.3 Å². The molecule has 0 saturated heterocycles. The number of nitrogens with one attached hydrogen (secondary N) is 1. The highest BCUT2D eigenvalue weighted by molar-refractivity contribution is 7.21. The molecule has 10 nitrogen and oxygen atoms in total. The molecule has 0 saturated carbocycles. The van der Waals surface area contributed by atoms with Gasteiger partial charge in [0, 0.05) is 23.1 Å². The van der Waals surface area contributed by atoms with Crippen LogP contribution in [0, 0.1) is 17.0 Å². The van der Waals surface area contributed by atoms with Crippen LogP contribution < -0.4 is 10.9 Å². The zero-order chi connectivity index (χ0) is 28.4. The van der Waals surface area contributed by atoms with Gasteiger partial charge in [-0.3, -0.25) is 24.3 Å². The van der Waals surface area contributed by atoms with Crippen molar-refractivity contribution in [3.63, 3.8) is 0 Å². The highest BCUT2D eigenvalue weighted by Crippen LogP contribution is 2.38. The molecule has 202 valence electrons. The molecular formula is C28H22N4O6S2. The van der Waals surface area contributed by atoms with E-state index in [1.54, 1.807) is 19.2 Å². The van der Waals surface area contributed by atoms with Crippen molar-refractivity contribution in [3.8, 4) is 11.1 Å². The second-order valence-corrected chi connectivity index (χ2v) is 10.6. The molecule has 0 unspecified atom stereocenters. The van der Waals surface area contributed by atoms with Crippen molar-refractivity contribution in [2.75, 3.05) is 11.9 Å². The fourth-order valence-corrected chi connectivity index (χ4v) is 6.25. The third-order valence-corrected chi connectivity index (χ3v) is 8.30. The van der Waals surface area contributed by atoms with Crippen LogP contribution in [0.3, 0.4) is 0 Å². The molecule has 0 aliphatic heterocycles. The molecule has 0 fully saturated rings. The number of esters is 1. The molecule has 3 heterocycles. The monoisotopic (exact) mass is 574 g/mol. The topological polar surface area (TPSA) is 133 Å². The molecule has 0 spiro atoms. The Morgan fingerprint density at radius 2 is 1.85 bits per heavy atom. The maximum Gasteiger partial charge on any atom is 0.341 e. The number of aromatic nitrogens is 2. The first kappa shape index (κ1) is 26.9. The van der Waals surface area contributed by atoms with E-state index in [1.165, 1.54) is 35.2 Å². The van der Waals surface area contributed by atoms with Crippen molar-refractivity contribution >= 4 is 55.5 Å². The number of fused-ring (bicyclic) bond motifs is 1. The number of anilines is 1. The summed E-state index contributed by atoms with van der Waals surface area (Å²) in [6.45, 7) is 3.85. The summed E-state index contributed by atoms with van der Waals surface area (Å²) in [7, 11) is 0. The second-order valence-electron chi connectivity index (χ2n) is 8.73. The fourth-order valence-electron chi connectivity index (χ4n) is 4.26. The molecule has 3 aromatic heterocycles. The van der Waals surface area contributed by atoms with E-state index in [-0.39, 0.29) is 28.4 Å². The second kappa shape index (κ2) is 11.2. The van der Waals surface area contributed by atoms with Crippen LogP contribution in [0.2, 0.25) is 0 Å². The molecule has 0 atom stereocenters. The van der Waals surface area contributed by atoms with Crippen molar-refractivity contribution in [1.82, 2.24) is 9.55 Å². The summed E-state index contributed by atoms with van der Waals surface area (Å²) >= 11 is 2.24. The Bertz CT molecular complexity index is 1810. The standard InChI is InChI=1S/C28H22N4O6S2/c1-3-38-28(35)22-20(18-9-11-19(12-10-18)32(36)37)14-39-26(22)30-24(33)23-16(2)21-25(40-23)29-15-31(27(21)34)13-17-7-5-4-6-8-17/h4-12,14-15H,3,13H2,1-2H3,(H,30,33). The van der Waals surface area contributed by atoms with Gasteiger partial charge in [-0.05, 0) is 42.7 Å². The van der Waals surface area contributed by atoms with E-state index in [0.29, 0.717) is 38.3 Å². The first-order valence-corrected chi connectivity index (χ1v) is 13.8. The van der Waals surface area contributed by atoms with Gasteiger partial charge in [0.25, 0.3) is 17.2 Å². The van der Waals surface area contributed by atoms with Crippen LogP contribution in [0.5, 0.6) is 0 Å². The smallest absolute Gasteiger partial charge is 0.341 e. The number of ether oxygens (including phenoxy) is 1. The number of rotatable bonds is 8. The number of nitrogens with zero attached hydrogens (tertiary/aromatic N) is 3. The Kier molecular flexibility index (Phi) is 7.54. The lowest BCUT2D eigenvalue weighted by molar-refractivity contribution is -0.384. The third-order valence-electron chi connectivity index (χ3n) is 6.21. The van der Waals surface area contributed by atoms with Gasteiger partial charge in [-0.2, -0.15) is 0 Å². The molecule has 5 rings (SSSR count). The van der Waals surface area contributed by atoms with Crippen LogP contribution in [0.1, 0.15) is 38.1 Å². The summed E-state index contributed by atoms with van der Waals surface area (Å²) in [4.78, 5) is 55.4. The number of nitro benzene ring substituents is 1. The maximum absolute atomic E-state index is 13.4. The molecule has 1 amide bonds. The molecular weight excluding hydrogens is 552 g/mol. The summed E-state index contributed by atoms with van der Waals surface area (Å²) in [6, 6.07) is 15.3. The molecule has 0 aliphatic rings. The predicted octanol–water partition coefficient (Wildman–Crippen LogP) is 5.88. The highest BCUT2D eigenvalue weighted by Gasteiger charge is 2.26. The Hall–Kier alpha value is -4.68. The van der Waals surface area contributed by atoms with Crippen LogP contribution >= 0.6 is 22.7 Å². The number of benzene rings is 2. The average molecular weight is 575 g/mol. The number of aryl methyl sites for hydroxylation is 1. The van der Waals surface area contributed by atoms with Crippen molar-refractivity contribution in [1.29, 1.82) is 0 Å². The number of non-ortho nitro benzene ring substituents is 1. The van der Waals surface area contributed by atoms with Gasteiger partial charge >= 0.3 is 5.97 Å².